The first-order valence-electron chi connectivity index (χ1n) is 5.14. The number of thiol groups is 1. The van der Waals surface area contributed by atoms with E-state index in [4.69, 9.17) is 0 Å². The van der Waals surface area contributed by atoms with Crippen molar-refractivity contribution in [1.82, 2.24) is 14.8 Å². The Hall–Kier alpha value is -0.510. The van der Waals surface area contributed by atoms with E-state index in [1.807, 2.05) is 18.5 Å². The summed E-state index contributed by atoms with van der Waals surface area (Å²) in [5, 5.41) is 4.40. The van der Waals surface area contributed by atoms with Gasteiger partial charge in [0.25, 0.3) is 0 Å². The van der Waals surface area contributed by atoms with Crippen molar-refractivity contribution in [3.05, 3.63) is 11.6 Å². The van der Waals surface area contributed by atoms with E-state index in [9.17, 15) is 0 Å². The highest BCUT2D eigenvalue weighted by Gasteiger charge is 2.36. The summed E-state index contributed by atoms with van der Waals surface area (Å²) in [4.78, 5) is 4.31. The molecule has 0 unspecified atom stereocenters. The molecule has 0 spiro atoms. The average molecular weight is 211 g/mol. The van der Waals surface area contributed by atoms with Gasteiger partial charge in [-0.05, 0) is 37.9 Å². The lowest BCUT2D eigenvalue weighted by atomic mass is 9.70. The van der Waals surface area contributed by atoms with Crippen LogP contribution in [-0.2, 0) is 6.54 Å². The Kier molecular flexibility index (Phi) is 2.56. The molecule has 0 aromatic carbocycles. The fourth-order valence-electron chi connectivity index (χ4n) is 2.07. The molecule has 14 heavy (non-hydrogen) atoms. The van der Waals surface area contributed by atoms with Gasteiger partial charge in [-0.2, -0.15) is 17.7 Å². The van der Waals surface area contributed by atoms with Gasteiger partial charge in [-0.25, -0.2) is 9.67 Å². The van der Waals surface area contributed by atoms with Crippen molar-refractivity contribution < 1.29 is 0 Å². The van der Waals surface area contributed by atoms with Crippen LogP contribution in [0.5, 0.6) is 0 Å². The standard InChI is InChI=1S/C10H17N3S/c1-8-11-9(2)13(12-8)6-10(7-14)4-3-5-10/h14H,3-7H2,1-2H3. The van der Waals surface area contributed by atoms with Gasteiger partial charge in [-0.3, -0.25) is 0 Å². The van der Waals surface area contributed by atoms with Crippen molar-refractivity contribution in [2.24, 2.45) is 5.41 Å². The van der Waals surface area contributed by atoms with E-state index in [1.54, 1.807) is 0 Å². The van der Waals surface area contributed by atoms with Crippen LogP contribution in [-0.4, -0.2) is 20.5 Å². The molecule has 1 aromatic heterocycles. The average Bonchev–Trinajstić information content (AvgIpc) is 2.38. The fourth-order valence-corrected chi connectivity index (χ4v) is 2.49. The second-order valence-electron chi connectivity index (χ2n) is 4.38. The van der Waals surface area contributed by atoms with Crippen molar-refractivity contribution in [2.45, 2.75) is 39.7 Å². The third kappa shape index (κ3) is 1.67. The predicted octanol–water partition coefficient (Wildman–Crippen LogP) is 2.00. The molecule has 0 radical (unpaired) electrons. The van der Waals surface area contributed by atoms with Crippen LogP contribution in [0.1, 0.15) is 30.9 Å². The fraction of sp³-hybridized carbons (Fsp3) is 0.800. The molecule has 2 rings (SSSR count). The maximum absolute atomic E-state index is 4.44. The van der Waals surface area contributed by atoms with E-state index in [-0.39, 0.29) is 0 Å². The van der Waals surface area contributed by atoms with Gasteiger partial charge in [-0.15, -0.1) is 0 Å². The maximum Gasteiger partial charge on any atom is 0.147 e. The highest BCUT2D eigenvalue weighted by atomic mass is 32.1. The highest BCUT2D eigenvalue weighted by Crippen LogP contribution is 2.43. The van der Waals surface area contributed by atoms with E-state index in [2.05, 4.69) is 22.7 Å². The zero-order valence-corrected chi connectivity index (χ0v) is 9.72. The van der Waals surface area contributed by atoms with Crippen molar-refractivity contribution in [2.75, 3.05) is 5.75 Å². The smallest absolute Gasteiger partial charge is 0.147 e. The summed E-state index contributed by atoms with van der Waals surface area (Å²) in [6.07, 6.45) is 3.91. The van der Waals surface area contributed by atoms with Gasteiger partial charge >= 0.3 is 0 Å². The molecular weight excluding hydrogens is 194 g/mol. The molecule has 0 saturated heterocycles. The summed E-state index contributed by atoms with van der Waals surface area (Å²) in [5.41, 5.74) is 0.397. The summed E-state index contributed by atoms with van der Waals surface area (Å²) < 4.78 is 2.03. The van der Waals surface area contributed by atoms with Gasteiger partial charge < -0.3 is 0 Å². The molecule has 0 bridgehead atoms. The lowest BCUT2D eigenvalue weighted by Crippen LogP contribution is -2.36. The van der Waals surface area contributed by atoms with Crippen LogP contribution >= 0.6 is 12.6 Å². The second kappa shape index (κ2) is 3.57. The van der Waals surface area contributed by atoms with E-state index in [0.29, 0.717) is 5.41 Å². The molecule has 4 heteroatoms. The molecule has 3 nitrogen and oxygen atoms in total. The first-order chi connectivity index (χ1) is 6.65. The summed E-state index contributed by atoms with van der Waals surface area (Å²) in [7, 11) is 0. The first kappa shape index (κ1) is 10.0. The minimum atomic E-state index is 0.397. The molecule has 1 fully saturated rings. The molecule has 0 atom stereocenters. The molecule has 1 aliphatic rings. The van der Waals surface area contributed by atoms with E-state index >= 15 is 0 Å². The SMILES string of the molecule is Cc1nc(C)n(CC2(CS)CCC2)n1. The number of aromatic nitrogens is 3. The Morgan fingerprint density at radius 1 is 1.43 bits per heavy atom. The molecule has 0 amide bonds. The van der Waals surface area contributed by atoms with Crippen LogP contribution in [0.25, 0.3) is 0 Å². The molecule has 0 aliphatic heterocycles. The van der Waals surface area contributed by atoms with Gasteiger partial charge in [0.2, 0.25) is 0 Å². The topological polar surface area (TPSA) is 30.7 Å². The normalized spacial score (nSPS) is 19.4. The number of rotatable bonds is 3. The van der Waals surface area contributed by atoms with E-state index in [0.717, 1.165) is 23.9 Å². The molecule has 0 N–H and O–H groups in total. The van der Waals surface area contributed by atoms with E-state index in [1.165, 1.54) is 19.3 Å². The number of hydrogen-bond donors (Lipinski definition) is 1. The van der Waals surface area contributed by atoms with Crippen LogP contribution < -0.4 is 0 Å². The van der Waals surface area contributed by atoms with Crippen molar-refractivity contribution in [3.63, 3.8) is 0 Å². The van der Waals surface area contributed by atoms with Crippen molar-refractivity contribution >= 4 is 12.6 Å². The Morgan fingerprint density at radius 2 is 2.14 bits per heavy atom. The molecule has 1 heterocycles. The van der Waals surface area contributed by atoms with Crippen LogP contribution in [0.4, 0.5) is 0 Å². The lowest BCUT2D eigenvalue weighted by Gasteiger charge is -2.40. The number of aryl methyl sites for hydroxylation is 2. The number of hydrogen-bond acceptors (Lipinski definition) is 3. The zero-order valence-electron chi connectivity index (χ0n) is 8.82. The first-order valence-corrected chi connectivity index (χ1v) is 5.77. The zero-order chi connectivity index (χ0) is 10.2. The largest absolute Gasteiger partial charge is 0.250 e. The van der Waals surface area contributed by atoms with Gasteiger partial charge in [0.15, 0.2) is 0 Å². The predicted molar refractivity (Wildman–Crippen MR) is 59.6 cm³/mol. The monoisotopic (exact) mass is 211 g/mol. The Labute approximate surface area is 90.3 Å². The second-order valence-corrected chi connectivity index (χ2v) is 4.69. The van der Waals surface area contributed by atoms with Gasteiger partial charge in [0.05, 0.1) is 0 Å². The Morgan fingerprint density at radius 3 is 2.50 bits per heavy atom. The molecule has 78 valence electrons. The van der Waals surface area contributed by atoms with E-state index < -0.39 is 0 Å². The summed E-state index contributed by atoms with van der Waals surface area (Å²) in [6, 6.07) is 0. The van der Waals surface area contributed by atoms with Crippen molar-refractivity contribution in [3.8, 4) is 0 Å². The minimum absolute atomic E-state index is 0.397. The lowest BCUT2D eigenvalue weighted by molar-refractivity contribution is 0.131. The maximum atomic E-state index is 4.44. The minimum Gasteiger partial charge on any atom is -0.250 e. The number of nitrogens with zero attached hydrogens (tertiary/aromatic N) is 3. The van der Waals surface area contributed by atoms with Crippen LogP contribution in [0.15, 0.2) is 0 Å². The van der Waals surface area contributed by atoms with Gasteiger partial charge in [-0.1, -0.05) is 6.42 Å². The molecule has 1 aromatic rings. The Bertz CT molecular complexity index is 323. The third-order valence-corrected chi connectivity index (χ3v) is 3.87. The van der Waals surface area contributed by atoms with Crippen LogP contribution in [0, 0.1) is 19.3 Å². The quantitative estimate of drug-likeness (QED) is 0.775. The Balaban J connectivity index is 2.13. The summed E-state index contributed by atoms with van der Waals surface area (Å²) in [5.74, 6) is 2.86. The molecule has 1 saturated carbocycles. The molecular formula is C10H17N3S. The molecule has 1 aliphatic carbocycles. The summed E-state index contributed by atoms with van der Waals surface area (Å²) >= 11 is 4.44. The van der Waals surface area contributed by atoms with Crippen LogP contribution in [0.2, 0.25) is 0 Å². The van der Waals surface area contributed by atoms with Crippen molar-refractivity contribution in [1.29, 1.82) is 0 Å². The highest BCUT2D eigenvalue weighted by molar-refractivity contribution is 7.80. The third-order valence-electron chi connectivity index (χ3n) is 3.20. The van der Waals surface area contributed by atoms with Gasteiger partial charge in [0.1, 0.15) is 11.6 Å². The van der Waals surface area contributed by atoms with Crippen LogP contribution in [0.3, 0.4) is 0 Å². The van der Waals surface area contributed by atoms with Gasteiger partial charge in [0, 0.05) is 6.54 Å². The summed E-state index contributed by atoms with van der Waals surface area (Å²) in [6.45, 7) is 4.95.